The number of nitrogens with zero attached hydrogens (tertiary/aromatic N) is 2. The number of aromatic nitrogens is 1. The van der Waals surface area contributed by atoms with Gasteiger partial charge in [-0.3, -0.25) is 0 Å². The maximum Gasteiger partial charge on any atom is 0.128 e. The van der Waals surface area contributed by atoms with Crippen LogP contribution < -0.4 is 4.90 Å². The Hall–Kier alpha value is -1.13. The van der Waals surface area contributed by atoms with Crippen LogP contribution in [0.4, 0.5) is 5.82 Å². The van der Waals surface area contributed by atoms with E-state index < -0.39 is 0 Å². The van der Waals surface area contributed by atoms with Gasteiger partial charge in [0.2, 0.25) is 0 Å². The van der Waals surface area contributed by atoms with Gasteiger partial charge in [-0.25, -0.2) is 4.98 Å². The highest BCUT2D eigenvalue weighted by atomic mass is 16.5. The Labute approximate surface area is 102 Å². The molecule has 0 amide bonds. The molecule has 4 nitrogen and oxygen atoms in total. The van der Waals surface area contributed by atoms with Crippen LogP contribution in [0, 0.1) is 0 Å². The summed E-state index contributed by atoms with van der Waals surface area (Å²) in [6, 6.07) is 3.78. The maximum atomic E-state index is 9.13. The summed E-state index contributed by atoms with van der Waals surface area (Å²) in [6.45, 7) is 4.85. The van der Waals surface area contributed by atoms with E-state index in [1.165, 1.54) is 0 Å². The largest absolute Gasteiger partial charge is 0.392 e. The second kappa shape index (κ2) is 5.98. The Morgan fingerprint density at radius 1 is 1.59 bits per heavy atom. The van der Waals surface area contributed by atoms with Crippen LogP contribution in [0.1, 0.15) is 25.3 Å². The van der Waals surface area contributed by atoms with Crippen molar-refractivity contribution in [2.75, 3.05) is 24.6 Å². The molecule has 1 aromatic heterocycles. The molecule has 1 fully saturated rings. The van der Waals surface area contributed by atoms with Crippen molar-refractivity contribution in [3.63, 3.8) is 0 Å². The van der Waals surface area contributed by atoms with Crippen LogP contribution in [0.25, 0.3) is 0 Å². The maximum absolute atomic E-state index is 9.13. The number of hydrogen-bond acceptors (Lipinski definition) is 4. The van der Waals surface area contributed by atoms with Gasteiger partial charge in [0.15, 0.2) is 0 Å². The Kier molecular flexibility index (Phi) is 4.34. The van der Waals surface area contributed by atoms with Gasteiger partial charge >= 0.3 is 0 Å². The minimum absolute atomic E-state index is 0.0625. The average Bonchev–Trinajstić information content (AvgIpc) is 2.89. The number of aliphatic hydroxyl groups is 1. The zero-order chi connectivity index (χ0) is 12.1. The fourth-order valence-electron chi connectivity index (χ4n) is 2.15. The SMILES string of the molecule is CCN(CC1CCCO1)c1cc(CO)ccn1. The average molecular weight is 236 g/mol. The Bertz CT molecular complexity index is 351. The van der Waals surface area contributed by atoms with Crippen molar-refractivity contribution in [1.29, 1.82) is 0 Å². The molecule has 0 saturated carbocycles. The van der Waals surface area contributed by atoms with Crippen molar-refractivity contribution < 1.29 is 9.84 Å². The number of likely N-dealkylation sites (N-methyl/N-ethyl adjacent to an activating group) is 1. The van der Waals surface area contributed by atoms with Gasteiger partial charge in [0, 0.05) is 25.9 Å². The van der Waals surface area contributed by atoms with E-state index in [1.807, 2.05) is 12.1 Å². The standard InChI is InChI=1S/C13H20N2O2/c1-2-15(9-12-4-3-7-17-12)13-8-11(10-16)5-6-14-13/h5-6,8,12,16H,2-4,7,9-10H2,1H3. The van der Waals surface area contributed by atoms with Crippen molar-refractivity contribution >= 4 is 5.82 Å². The fourth-order valence-corrected chi connectivity index (χ4v) is 2.15. The number of hydrogen-bond donors (Lipinski definition) is 1. The summed E-state index contributed by atoms with van der Waals surface area (Å²) in [5.41, 5.74) is 0.904. The van der Waals surface area contributed by atoms with Crippen LogP contribution in [0.2, 0.25) is 0 Å². The van der Waals surface area contributed by atoms with Crippen LogP contribution >= 0.6 is 0 Å². The number of anilines is 1. The monoisotopic (exact) mass is 236 g/mol. The molecule has 1 unspecified atom stereocenters. The highest BCUT2D eigenvalue weighted by Gasteiger charge is 2.19. The van der Waals surface area contributed by atoms with E-state index in [4.69, 9.17) is 9.84 Å². The smallest absolute Gasteiger partial charge is 0.128 e. The van der Waals surface area contributed by atoms with E-state index in [0.717, 1.165) is 43.9 Å². The van der Waals surface area contributed by atoms with Gasteiger partial charge in [0.25, 0.3) is 0 Å². The summed E-state index contributed by atoms with van der Waals surface area (Å²) in [5, 5.41) is 9.13. The highest BCUT2D eigenvalue weighted by Crippen LogP contribution is 2.18. The van der Waals surface area contributed by atoms with Gasteiger partial charge in [0.1, 0.15) is 5.82 Å². The van der Waals surface area contributed by atoms with Crippen molar-refractivity contribution in [2.45, 2.75) is 32.5 Å². The predicted octanol–water partition coefficient (Wildman–Crippen LogP) is 1.58. The molecule has 0 radical (unpaired) electrons. The first-order valence-corrected chi connectivity index (χ1v) is 6.25. The van der Waals surface area contributed by atoms with Gasteiger partial charge in [-0.05, 0) is 37.5 Å². The van der Waals surface area contributed by atoms with Crippen LogP contribution in [-0.4, -0.2) is 35.9 Å². The normalized spacial score (nSPS) is 19.5. The van der Waals surface area contributed by atoms with Gasteiger partial charge < -0.3 is 14.7 Å². The van der Waals surface area contributed by atoms with Crippen molar-refractivity contribution in [3.8, 4) is 0 Å². The summed E-state index contributed by atoms with van der Waals surface area (Å²) < 4.78 is 5.64. The molecule has 94 valence electrons. The van der Waals surface area contributed by atoms with Gasteiger partial charge in [-0.1, -0.05) is 0 Å². The minimum Gasteiger partial charge on any atom is -0.392 e. The lowest BCUT2D eigenvalue weighted by molar-refractivity contribution is 0.115. The molecule has 0 aromatic carbocycles. The van der Waals surface area contributed by atoms with Crippen molar-refractivity contribution in [2.24, 2.45) is 0 Å². The Morgan fingerprint density at radius 2 is 2.47 bits per heavy atom. The van der Waals surface area contributed by atoms with Crippen LogP contribution in [0.15, 0.2) is 18.3 Å². The van der Waals surface area contributed by atoms with E-state index in [0.29, 0.717) is 6.10 Å². The second-order valence-corrected chi connectivity index (χ2v) is 4.35. The molecule has 4 heteroatoms. The van der Waals surface area contributed by atoms with Crippen LogP contribution in [0.5, 0.6) is 0 Å². The summed E-state index contributed by atoms with van der Waals surface area (Å²) in [5.74, 6) is 0.926. The summed E-state index contributed by atoms with van der Waals surface area (Å²) in [7, 11) is 0. The van der Waals surface area contributed by atoms with E-state index >= 15 is 0 Å². The van der Waals surface area contributed by atoms with E-state index in [1.54, 1.807) is 6.20 Å². The summed E-state index contributed by atoms with van der Waals surface area (Å²) in [6.07, 6.45) is 4.37. The number of aliphatic hydroxyl groups excluding tert-OH is 1. The molecule has 1 aliphatic heterocycles. The highest BCUT2D eigenvalue weighted by molar-refractivity contribution is 5.40. The van der Waals surface area contributed by atoms with Crippen molar-refractivity contribution in [3.05, 3.63) is 23.9 Å². The predicted molar refractivity (Wildman–Crippen MR) is 67.0 cm³/mol. The second-order valence-electron chi connectivity index (χ2n) is 4.35. The Balaban J connectivity index is 2.04. The molecule has 0 aliphatic carbocycles. The van der Waals surface area contributed by atoms with E-state index in [2.05, 4.69) is 16.8 Å². The van der Waals surface area contributed by atoms with Crippen LogP contribution in [-0.2, 0) is 11.3 Å². The van der Waals surface area contributed by atoms with E-state index in [-0.39, 0.29) is 6.61 Å². The summed E-state index contributed by atoms with van der Waals surface area (Å²) in [4.78, 5) is 6.56. The summed E-state index contributed by atoms with van der Waals surface area (Å²) >= 11 is 0. The lowest BCUT2D eigenvalue weighted by atomic mass is 10.2. The zero-order valence-corrected chi connectivity index (χ0v) is 10.3. The molecule has 1 aromatic rings. The van der Waals surface area contributed by atoms with Crippen LogP contribution in [0.3, 0.4) is 0 Å². The van der Waals surface area contributed by atoms with Crippen molar-refractivity contribution in [1.82, 2.24) is 4.98 Å². The third kappa shape index (κ3) is 3.17. The molecule has 2 heterocycles. The number of pyridine rings is 1. The number of ether oxygens (including phenoxy) is 1. The van der Waals surface area contributed by atoms with Gasteiger partial charge in [0.05, 0.1) is 12.7 Å². The molecular formula is C13H20N2O2. The first kappa shape index (κ1) is 12.3. The van der Waals surface area contributed by atoms with E-state index in [9.17, 15) is 0 Å². The van der Waals surface area contributed by atoms with Gasteiger partial charge in [-0.2, -0.15) is 0 Å². The minimum atomic E-state index is 0.0625. The third-order valence-corrected chi connectivity index (χ3v) is 3.15. The van der Waals surface area contributed by atoms with Gasteiger partial charge in [-0.15, -0.1) is 0 Å². The third-order valence-electron chi connectivity index (χ3n) is 3.15. The number of rotatable bonds is 5. The molecule has 0 spiro atoms. The fraction of sp³-hybridized carbons (Fsp3) is 0.615. The molecular weight excluding hydrogens is 216 g/mol. The lowest BCUT2D eigenvalue weighted by Gasteiger charge is -2.25. The quantitative estimate of drug-likeness (QED) is 0.843. The first-order chi connectivity index (χ1) is 8.33. The Morgan fingerprint density at radius 3 is 3.12 bits per heavy atom. The molecule has 1 aliphatic rings. The lowest BCUT2D eigenvalue weighted by Crippen LogP contribution is -2.32. The topological polar surface area (TPSA) is 45.6 Å². The molecule has 17 heavy (non-hydrogen) atoms. The molecule has 2 rings (SSSR count). The zero-order valence-electron chi connectivity index (χ0n) is 10.3. The first-order valence-electron chi connectivity index (χ1n) is 6.25. The molecule has 1 atom stereocenters. The molecule has 1 saturated heterocycles. The molecule has 1 N–H and O–H groups in total. The molecule has 0 bridgehead atoms.